The first-order chi connectivity index (χ1) is 9.76. The normalized spacial score (nSPS) is 12.4. The predicted octanol–water partition coefficient (Wildman–Crippen LogP) is 3.50. The van der Waals surface area contributed by atoms with Crippen LogP contribution in [0.1, 0.15) is 39.3 Å². The van der Waals surface area contributed by atoms with E-state index in [1.807, 2.05) is 6.92 Å². The molecule has 0 bridgehead atoms. The molecule has 0 aliphatic carbocycles. The second-order valence-corrected chi connectivity index (χ2v) is 5.81. The van der Waals surface area contributed by atoms with Gasteiger partial charge in [0.25, 0.3) is 0 Å². The lowest BCUT2D eigenvalue weighted by Crippen LogP contribution is -2.35. The summed E-state index contributed by atoms with van der Waals surface area (Å²) in [7, 11) is 0. The number of halogens is 1. The van der Waals surface area contributed by atoms with Gasteiger partial charge >= 0.3 is 6.09 Å². The number of amides is 1. The maximum atomic E-state index is 11.8. The minimum Gasteiger partial charge on any atom is -0.493 e. The molecule has 0 aromatic heterocycles. The number of hydrogen-bond acceptors (Lipinski definition) is 4. The fourth-order valence-corrected chi connectivity index (χ4v) is 1.85. The molecule has 5 nitrogen and oxygen atoms in total. The Balaban J connectivity index is 2.96. The molecule has 1 aromatic rings. The Bertz CT molecular complexity index is 511. The Morgan fingerprint density at radius 2 is 2.10 bits per heavy atom. The van der Waals surface area contributed by atoms with Crippen LogP contribution in [0.5, 0.6) is 5.75 Å². The van der Waals surface area contributed by atoms with Crippen LogP contribution >= 0.6 is 11.6 Å². The summed E-state index contributed by atoms with van der Waals surface area (Å²) in [4.78, 5) is 23.1. The smallest absolute Gasteiger partial charge is 0.408 e. The quantitative estimate of drug-likeness (QED) is 0.845. The molecule has 1 amide bonds. The highest BCUT2D eigenvalue weighted by molar-refractivity contribution is 6.30. The van der Waals surface area contributed by atoms with E-state index in [4.69, 9.17) is 21.1 Å². The SMILES string of the molecule is CCOc1ccc(Cl)cc1C(C=O)NC(=O)OC(C)(C)C. The van der Waals surface area contributed by atoms with E-state index in [2.05, 4.69) is 5.32 Å². The van der Waals surface area contributed by atoms with Gasteiger partial charge in [0.15, 0.2) is 0 Å². The Morgan fingerprint density at radius 1 is 1.43 bits per heavy atom. The highest BCUT2D eigenvalue weighted by atomic mass is 35.5. The number of nitrogens with one attached hydrogen (secondary N) is 1. The highest BCUT2D eigenvalue weighted by Gasteiger charge is 2.22. The summed E-state index contributed by atoms with van der Waals surface area (Å²) >= 11 is 5.95. The van der Waals surface area contributed by atoms with E-state index < -0.39 is 17.7 Å². The van der Waals surface area contributed by atoms with Gasteiger partial charge < -0.3 is 19.6 Å². The van der Waals surface area contributed by atoms with Crippen LogP contribution < -0.4 is 10.1 Å². The standard InChI is InChI=1S/C15H20ClNO4/c1-5-20-13-7-6-10(16)8-11(13)12(9-18)17-14(19)21-15(2,3)4/h6-9,12H,5H2,1-4H3,(H,17,19). The number of aldehydes is 1. The molecule has 0 aliphatic rings. The highest BCUT2D eigenvalue weighted by Crippen LogP contribution is 2.28. The van der Waals surface area contributed by atoms with E-state index in [0.717, 1.165) is 0 Å². The van der Waals surface area contributed by atoms with Gasteiger partial charge in [-0.1, -0.05) is 11.6 Å². The monoisotopic (exact) mass is 313 g/mol. The Morgan fingerprint density at radius 3 is 2.62 bits per heavy atom. The van der Waals surface area contributed by atoms with E-state index in [1.165, 1.54) is 0 Å². The first-order valence-corrected chi connectivity index (χ1v) is 7.01. The largest absolute Gasteiger partial charge is 0.493 e. The van der Waals surface area contributed by atoms with Crippen LogP contribution in [0.15, 0.2) is 18.2 Å². The van der Waals surface area contributed by atoms with Gasteiger partial charge in [0.2, 0.25) is 0 Å². The third-order valence-electron chi connectivity index (χ3n) is 2.42. The van der Waals surface area contributed by atoms with Crippen molar-refractivity contribution >= 4 is 24.0 Å². The summed E-state index contributed by atoms with van der Waals surface area (Å²) in [6, 6.07) is 4.02. The van der Waals surface area contributed by atoms with E-state index in [0.29, 0.717) is 29.2 Å². The zero-order valence-corrected chi connectivity index (χ0v) is 13.4. The van der Waals surface area contributed by atoms with Crippen LogP contribution in [-0.4, -0.2) is 24.6 Å². The van der Waals surface area contributed by atoms with Crippen molar-refractivity contribution in [3.05, 3.63) is 28.8 Å². The zero-order valence-electron chi connectivity index (χ0n) is 12.6. The topological polar surface area (TPSA) is 64.6 Å². The Labute approximate surface area is 129 Å². The second-order valence-electron chi connectivity index (χ2n) is 5.38. The summed E-state index contributed by atoms with van der Waals surface area (Å²) in [6.45, 7) is 7.50. The van der Waals surface area contributed by atoms with Crippen LogP contribution in [-0.2, 0) is 9.53 Å². The molecule has 0 saturated heterocycles. The molecule has 1 unspecified atom stereocenters. The first-order valence-electron chi connectivity index (χ1n) is 6.64. The molecule has 6 heteroatoms. The molecule has 0 heterocycles. The van der Waals surface area contributed by atoms with Crippen molar-refractivity contribution in [3.63, 3.8) is 0 Å². The molecular weight excluding hydrogens is 294 g/mol. The minimum absolute atomic E-state index is 0.437. The van der Waals surface area contributed by atoms with Crippen LogP contribution in [0.3, 0.4) is 0 Å². The molecule has 1 aromatic carbocycles. The lowest BCUT2D eigenvalue weighted by molar-refractivity contribution is -0.109. The molecule has 0 saturated carbocycles. The van der Waals surface area contributed by atoms with Gasteiger partial charge in [-0.25, -0.2) is 4.79 Å². The van der Waals surface area contributed by atoms with E-state index in [1.54, 1.807) is 39.0 Å². The molecule has 0 fully saturated rings. The van der Waals surface area contributed by atoms with Crippen molar-refractivity contribution in [3.8, 4) is 5.75 Å². The van der Waals surface area contributed by atoms with Gasteiger partial charge in [0.1, 0.15) is 23.7 Å². The fourth-order valence-electron chi connectivity index (χ4n) is 1.67. The van der Waals surface area contributed by atoms with E-state index >= 15 is 0 Å². The van der Waals surface area contributed by atoms with Gasteiger partial charge in [0, 0.05) is 10.6 Å². The molecule has 0 spiro atoms. The third-order valence-corrected chi connectivity index (χ3v) is 2.65. The van der Waals surface area contributed by atoms with Crippen molar-refractivity contribution in [2.75, 3.05) is 6.61 Å². The summed E-state index contributed by atoms with van der Waals surface area (Å²) in [6.07, 6.45) is -0.0695. The molecule has 0 aliphatic heterocycles. The van der Waals surface area contributed by atoms with Gasteiger partial charge in [-0.05, 0) is 45.9 Å². The van der Waals surface area contributed by atoms with Gasteiger partial charge in [-0.15, -0.1) is 0 Å². The first kappa shape index (κ1) is 17.3. The van der Waals surface area contributed by atoms with Crippen LogP contribution in [0, 0.1) is 0 Å². The van der Waals surface area contributed by atoms with E-state index in [-0.39, 0.29) is 0 Å². The molecule has 0 radical (unpaired) electrons. The van der Waals surface area contributed by atoms with Crippen LogP contribution in [0.2, 0.25) is 5.02 Å². The fraction of sp³-hybridized carbons (Fsp3) is 0.467. The average molecular weight is 314 g/mol. The maximum absolute atomic E-state index is 11.8. The summed E-state index contributed by atoms with van der Waals surface area (Å²) in [5.74, 6) is 0.495. The minimum atomic E-state index is -0.889. The molecule has 116 valence electrons. The number of benzene rings is 1. The molecule has 21 heavy (non-hydrogen) atoms. The molecule has 1 N–H and O–H groups in total. The lowest BCUT2D eigenvalue weighted by atomic mass is 10.1. The number of carbonyl (C=O) groups excluding carboxylic acids is 2. The number of carbonyl (C=O) groups is 2. The van der Waals surface area contributed by atoms with Crippen molar-refractivity contribution in [2.24, 2.45) is 0 Å². The molecule has 1 rings (SSSR count). The number of alkyl carbamates (subject to hydrolysis) is 1. The van der Waals surface area contributed by atoms with Crippen LogP contribution in [0.4, 0.5) is 4.79 Å². The van der Waals surface area contributed by atoms with Gasteiger partial charge in [0.05, 0.1) is 6.61 Å². The van der Waals surface area contributed by atoms with Crippen molar-refractivity contribution < 1.29 is 19.1 Å². The predicted molar refractivity (Wildman–Crippen MR) is 80.8 cm³/mol. The summed E-state index contributed by atoms with van der Waals surface area (Å²) < 4.78 is 10.6. The number of hydrogen-bond donors (Lipinski definition) is 1. The number of ether oxygens (including phenoxy) is 2. The second kappa shape index (κ2) is 7.31. The molecular formula is C15H20ClNO4. The summed E-state index contributed by atoms with van der Waals surface area (Å²) in [5.41, 5.74) is -0.153. The van der Waals surface area contributed by atoms with Crippen molar-refractivity contribution in [1.82, 2.24) is 5.32 Å². The third kappa shape index (κ3) is 5.63. The Hall–Kier alpha value is -1.75. The maximum Gasteiger partial charge on any atom is 0.408 e. The number of rotatable bonds is 5. The summed E-state index contributed by atoms with van der Waals surface area (Å²) in [5, 5.41) is 2.95. The average Bonchev–Trinajstić information content (AvgIpc) is 2.36. The van der Waals surface area contributed by atoms with Crippen LogP contribution in [0.25, 0.3) is 0 Å². The van der Waals surface area contributed by atoms with Gasteiger partial charge in [-0.2, -0.15) is 0 Å². The lowest BCUT2D eigenvalue weighted by Gasteiger charge is -2.22. The van der Waals surface area contributed by atoms with E-state index in [9.17, 15) is 9.59 Å². The van der Waals surface area contributed by atoms with Crippen molar-refractivity contribution in [1.29, 1.82) is 0 Å². The molecule has 1 atom stereocenters. The Kier molecular flexibility index (Phi) is 6.03. The van der Waals surface area contributed by atoms with Crippen molar-refractivity contribution in [2.45, 2.75) is 39.3 Å². The zero-order chi connectivity index (χ0) is 16.0. The van der Waals surface area contributed by atoms with Gasteiger partial charge in [-0.3, -0.25) is 0 Å².